The Bertz CT molecular complexity index is 470. The Morgan fingerprint density at radius 2 is 1.92 bits per heavy atom. The standard InChI is InChI=1S/C9H12N4/c1-5-4-13-7(3)12-6(2)8(13)9(10)11-5/h4H,1-3H3,(H2,10,11). The molecule has 2 heterocycles. The van der Waals surface area contributed by atoms with Crippen LogP contribution in [0, 0.1) is 20.8 Å². The Kier molecular flexibility index (Phi) is 1.52. The lowest BCUT2D eigenvalue weighted by molar-refractivity contribution is 1.00. The van der Waals surface area contributed by atoms with Crippen LogP contribution in [0.2, 0.25) is 0 Å². The Hall–Kier alpha value is -1.58. The summed E-state index contributed by atoms with van der Waals surface area (Å²) in [4.78, 5) is 8.53. The fraction of sp³-hybridized carbons (Fsp3) is 0.333. The number of fused-ring (bicyclic) bond motifs is 1. The minimum atomic E-state index is 0.554. The van der Waals surface area contributed by atoms with E-state index >= 15 is 0 Å². The largest absolute Gasteiger partial charge is 0.382 e. The average Bonchev–Trinajstić information content (AvgIpc) is 2.27. The van der Waals surface area contributed by atoms with E-state index in [0.717, 1.165) is 22.7 Å². The summed E-state index contributed by atoms with van der Waals surface area (Å²) >= 11 is 0. The van der Waals surface area contributed by atoms with Crippen molar-refractivity contribution in [3.8, 4) is 0 Å². The van der Waals surface area contributed by atoms with E-state index in [1.807, 2.05) is 31.4 Å². The molecule has 0 unspecified atom stereocenters. The summed E-state index contributed by atoms with van der Waals surface area (Å²) in [6.07, 6.45) is 1.95. The van der Waals surface area contributed by atoms with E-state index < -0.39 is 0 Å². The molecule has 0 bridgehead atoms. The molecule has 2 N–H and O–H groups in total. The number of rotatable bonds is 0. The molecule has 0 fully saturated rings. The van der Waals surface area contributed by atoms with Gasteiger partial charge in [0.05, 0.1) is 11.4 Å². The maximum Gasteiger partial charge on any atom is 0.149 e. The number of hydrogen-bond donors (Lipinski definition) is 1. The van der Waals surface area contributed by atoms with Crippen molar-refractivity contribution >= 4 is 11.3 Å². The quantitative estimate of drug-likeness (QED) is 0.657. The summed E-state index contributed by atoms with van der Waals surface area (Å²) in [7, 11) is 0. The Balaban J connectivity index is 2.97. The maximum absolute atomic E-state index is 5.80. The third-order valence-electron chi connectivity index (χ3n) is 2.12. The van der Waals surface area contributed by atoms with Crippen molar-refractivity contribution in [2.75, 3.05) is 5.73 Å². The zero-order chi connectivity index (χ0) is 9.59. The number of anilines is 1. The summed E-state index contributed by atoms with van der Waals surface area (Å²) in [5, 5.41) is 0. The van der Waals surface area contributed by atoms with E-state index in [2.05, 4.69) is 9.97 Å². The van der Waals surface area contributed by atoms with Crippen molar-refractivity contribution in [3.63, 3.8) is 0 Å². The van der Waals surface area contributed by atoms with Gasteiger partial charge in [-0.15, -0.1) is 0 Å². The van der Waals surface area contributed by atoms with Crippen molar-refractivity contribution < 1.29 is 0 Å². The van der Waals surface area contributed by atoms with Crippen LogP contribution >= 0.6 is 0 Å². The molecule has 0 saturated carbocycles. The van der Waals surface area contributed by atoms with Gasteiger partial charge in [0, 0.05) is 6.20 Å². The van der Waals surface area contributed by atoms with Crippen LogP contribution in [0.5, 0.6) is 0 Å². The second-order valence-corrected chi connectivity index (χ2v) is 3.23. The van der Waals surface area contributed by atoms with Crippen LogP contribution in [0.3, 0.4) is 0 Å². The molecule has 0 radical (unpaired) electrons. The van der Waals surface area contributed by atoms with Crippen molar-refractivity contribution in [2.45, 2.75) is 20.8 Å². The van der Waals surface area contributed by atoms with Gasteiger partial charge in [-0.3, -0.25) is 4.40 Å². The molecule has 0 aliphatic rings. The predicted octanol–water partition coefficient (Wildman–Crippen LogP) is 1.24. The molecule has 0 atom stereocenters. The summed E-state index contributed by atoms with van der Waals surface area (Å²) in [6, 6.07) is 0. The van der Waals surface area contributed by atoms with E-state index in [9.17, 15) is 0 Å². The van der Waals surface area contributed by atoms with Gasteiger partial charge in [-0.05, 0) is 20.8 Å². The minimum Gasteiger partial charge on any atom is -0.382 e. The second-order valence-electron chi connectivity index (χ2n) is 3.23. The zero-order valence-electron chi connectivity index (χ0n) is 8.00. The Morgan fingerprint density at radius 3 is 2.62 bits per heavy atom. The molecule has 0 saturated heterocycles. The highest BCUT2D eigenvalue weighted by atomic mass is 15.1. The first-order chi connectivity index (χ1) is 6.09. The van der Waals surface area contributed by atoms with Crippen LogP contribution in [0.25, 0.3) is 5.52 Å². The molecule has 2 rings (SSSR count). The monoisotopic (exact) mass is 176 g/mol. The van der Waals surface area contributed by atoms with E-state index in [4.69, 9.17) is 5.73 Å². The molecule has 0 aliphatic heterocycles. The van der Waals surface area contributed by atoms with Crippen LogP contribution in [-0.4, -0.2) is 14.4 Å². The van der Waals surface area contributed by atoms with Gasteiger partial charge in [0.15, 0.2) is 0 Å². The van der Waals surface area contributed by atoms with Crippen molar-refractivity contribution in [2.24, 2.45) is 0 Å². The highest BCUT2D eigenvalue weighted by Gasteiger charge is 2.08. The number of aryl methyl sites for hydroxylation is 3. The van der Waals surface area contributed by atoms with Gasteiger partial charge in [0.25, 0.3) is 0 Å². The van der Waals surface area contributed by atoms with Crippen molar-refractivity contribution in [3.05, 3.63) is 23.4 Å². The third kappa shape index (κ3) is 1.06. The number of hydrogen-bond acceptors (Lipinski definition) is 3. The number of nitrogens with zero attached hydrogens (tertiary/aromatic N) is 3. The third-order valence-corrected chi connectivity index (χ3v) is 2.12. The predicted molar refractivity (Wildman–Crippen MR) is 51.6 cm³/mol. The fourth-order valence-corrected chi connectivity index (χ4v) is 1.61. The molecule has 2 aromatic heterocycles. The lowest BCUT2D eigenvalue weighted by Crippen LogP contribution is -1.99. The first-order valence-electron chi connectivity index (χ1n) is 4.18. The van der Waals surface area contributed by atoms with Gasteiger partial charge in [-0.1, -0.05) is 0 Å². The molecule has 0 aromatic carbocycles. The fourth-order valence-electron chi connectivity index (χ4n) is 1.61. The average molecular weight is 176 g/mol. The van der Waals surface area contributed by atoms with Gasteiger partial charge >= 0.3 is 0 Å². The maximum atomic E-state index is 5.80. The van der Waals surface area contributed by atoms with Crippen LogP contribution in [0.1, 0.15) is 17.2 Å². The van der Waals surface area contributed by atoms with E-state index in [0.29, 0.717) is 5.82 Å². The minimum absolute atomic E-state index is 0.554. The van der Waals surface area contributed by atoms with E-state index in [1.54, 1.807) is 0 Å². The molecule has 68 valence electrons. The van der Waals surface area contributed by atoms with Crippen LogP contribution in [0.15, 0.2) is 6.20 Å². The molecule has 0 amide bonds. The summed E-state index contributed by atoms with van der Waals surface area (Å²) in [5.74, 6) is 1.50. The van der Waals surface area contributed by atoms with E-state index in [-0.39, 0.29) is 0 Å². The van der Waals surface area contributed by atoms with E-state index in [1.165, 1.54) is 0 Å². The molecule has 0 spiro atoms. The highest BCUT2D eigenvalue weighted by molar-refractivity contribution is 5.69. The molecule has 0 aliphatic carbocycles. The van der Waals surface area contributed by atoms with Crippen LogP contribution in [0.4, 0.5) is 5.82 Å². The summed E-state index contributed by atoms with van der Waals surface area (Å²) < 4.78 is 1.98. The van der Waals surface area contributed by atoms with Gasteiger partial charge in [0.2, 0.25) is 0 Å². The van der Waals surface area contributed by atoms with Gasteiger partial charge < -0.3 is 5.73 Å². The van der Waals surface area contributed by atoms with Crippen LogP contribution in [-0.2, 0) is 0 Å². The topological polar surface area (TPSA) is 56.2 Å². The SMILES string of the molecule is Cc1cn2c(C)nc(C)c2c(N)n1. The summed E-state index contributed by atoms with van der Waals surface area (Å²) in [6.45, 7) is 5.82. The number of nitrogens with two attached hydrogens (primary N) is 1. The van der Waals surface area contributed by atoms with Crippen LogP contribution < -0.4 is 5.73 Å². The Morgan fingerprint density at radius 1 is 1.23 bits per heavy atom. The number of imidazole rings is 1. The first kappa shape index (κ1) is 8.04. The van der Waals surface area contributed by atoms with Gasteiger partial charge in [-0.2, -0.15) is 0 Å². The second kappa shape index (κ2) is 2.45. The number of aromatic nitrogens is 3. The van der Waals surface area contributed by atoms with Gasteiger partial charge in [0.1, 0.15) is 17.2 Å². The van der Waals surface area contributed by atoms with Crippen molar-refractivity contribution in [1.29, 1.82) is 0 Å². The first-order valence-corrected chi connectivity index (χ1v) is 4.18. The lowest BCUT2D eigenvalue weighted by atomic mass is 10.4. The smallest absolute Gasteiger partial charge is 0.149 e. The van der Waals surface area contributed by atoms with Crippen molar-refractivity contribution in [1.82, 2.24) is 14.4 Å². The molecule has 4 heteroatoms. The Labute approximate surface area is 76.4 Å². The number of nitrogen functional groups attached to an aromatic ring is 1. The summed E-state index contributed by atoms with van der Waals surface area (Å²) in [5.41, 5.74) is 8.56. The highest BCUT2D eigenvalue weighted by Crippen LogP contribution is 2.17. The molecular weight excluding hydrogens is 164 g/mol. The van der Waals surface area contributed by atoms with Gasteiger partial charge in [-0.25, -0.2) is 9.97 Å². The molecular formula is C9H12N4. The lowest BCUT2D eigenvalue weighted by Gasteiger charge is -2.01. The zero-order valence-corrected chi connectivity index (χ0v) is 8.00. The molecule has 2 aromatic rings. The molecule has 4 nitrogen and oxygen atoms in total. The molecule has 13 heavy (non-hydrogen) atoms. The normalized spacial score (nSPS) is 11.0.